The largest absolute Gasteiger partial charge is 0.444 e. The molecule has 17 heavy (non-hydrogen) atoms. The van der Waals surface area contributed by atoms with Gasteiger partial charge in [-0.2, -0.15) is 0 Å². The highest BCUT2D eigenvalue weighted by molar-refractivity contribution is 5.67. The molecule has 0 saturated carbocycles. The Hall–Kier alpha value is -0.810. The van der Waals surface area contributed by atoms with Crippen LogP contribution in [0, 0.1) is 11.8 Å². The zero-order chi connectivity index (χ0) is 12.9. The van der Waals surface area contributed by atoms with Crippen LogP contribution in [0.2, 0.25) is 0 Å². The number of carbonyl (C=O) groups is 1. The molecule has 1 amide bonds. The molecule has 1 rings (SSSR count). The first kappa shape index (κ1) is 14.3. The van der Waals surface area contributed by atoms with E-state index in [1.165, 1.54) is 0 Å². The fourth-order valence-electron chi connectivity index (χ4n) is 1.90. The van der Waals surface area contributed by atoms with Gasteiger partial charge in [-0.25, -0.2) is 4.79 Å². The van der Waals surface area contributed by atoms with Gasteiger partial charge in [-0.3, -0.25) is 0 Å². The molecule has 0 aromatic carbocycles. The molecule has 5 heteroatoms. The fraction of sp³-hybridized carbons (Fsp3) is 0.917. The smallest absolute Gasteiger partial charge is 0.407 e. The van der Waals surface area contributed by atoms with Gasteiger partial charge in [-0.05, 0) is 45.6 Å². The van der Waals surface area contributed by atoms with Gasteiger partial charge in [0.2, 0.25) is 0 Å². The van der Waals surface area contributed by atoms with Crippen molar-refractivity contribution < 1.29 is 14.3 Å². The predicted octanol–water partition coefficient (Wildman–Crippen LogP) is 1.12. The van der Waals surface area contributed by atoms with Gasteiger partial charge in [0.1, 0.15) is 5.60 Å². The van der Waals surface area contributed by atoms with E-state index < -0.39 is 5.60 Å². The van der Waals surface area contributed by atoms with E-state index in [4.69, 9.17) is 15.2 Å². The van der Waals surface area contributed by atoms with Crippen molar-refractivity contribution >= 4 is 6.09 Å². The number of nitrogens with one attached hydrogen (secondary N) is 1. The maximum absolute atomic E-state index is 11.5. The molecule has 2 atom stereocenters. The van der Waals surface area contributed by atoms with Gasteiger partial charge in [-0.1, -0.05) is 0 Å². The maximum Gasteiger partial charge on any atom is 0.407 e. The second-order valence-corrected chi connectivity index (χ2v) is 5.50. The summed E-state index contributed by atoms with van der Waals surface area (Å²) in [6, 6.07) is 0. The van der Waals surface area contributed by atoms with Gasteiger partial charge in [0.25, 0.3) is 0 Å². The van der Waals surface area contributed by atoms with Crippen LogP contribution in [-0.4, -0.2) is 38.0 Å². The fourth-order valence-corrected chi connectivity index (χ4v) is 1.90. The van der Waals surface area contributed by atoms with E-state index in [9.17, 15) is 4.79 Å². The summed E-state index contributed by atoms with van der Waals surface area (Å²) in [6.07, 6.45) is 0.646. The van der Waals surface area contributed by atoms with Gasteiger partial charge < -0.3 is 20.5 Å². The zero-order valence-electron chi connectivity index (χ0n) is 11.0. The van der Waals surface area contributed by atoms with E-state index in [0.717, 1.165) is 19.6 Å². The van der Waals surface area contributed by atoms with Crippen LogP contribution >= 0.6 is 0 Å². The Kier molecular flexibility index (Phi) is 5.21. The third-order valence-electron chi connectivity index (χ3n) is 2.84. The minimum atomic E-state index is -0.460. The summed E-state index contributed by atoms with van der Waals surface area (Å²) >= 11 is 0. The third-order valence-corrected chi connectivity index (χ3v) is 2.84. The van der Waals surface area contributed by atoms with E-state index >= 15 is 0 Å². The molecule has 1 aliphatic rings. The average Bonchev–Trinajstić information content (AvgIpc) is 2.69. The molecule has 2 unspecified atom stereocenters. The Morgan fingerprint density at radius 2 is 2.29 bits per heavy atom. The van der Waals surface area contributed by atoms with Crippen LogP contribution in [0.3, 0.4) is 0 Å². The second kappa shape index (κ2) is 6.21. The summed E-state index contributed by atoms with van der Waals surface area (Å²) in [6.45, 7) is 8.20. The number of amides is 1. The van der Waals surface area contributed by atoms with Crippen molar-refractivity contribution in [3.05, 3.63) is 0 Å². The number of ether oxygens (including phenoxy) is 2. The van der Waals surface area contributed by atoms with Gasteiger partial charge in [0.05, 0.1) is 0 Å². The number of rotatable bonds is 4. The summed E-state index contributed by atoms with van der Waals surface area (Å²) < 4.78 is 10.5. The molecule has 0 radical (unpaired) electrons. The highest BCUT2D eigenvalue weighted by atomic mass is 16.6. The molecular formula is C12H24N2O3. The topological polar surface area (TPSA) is 73.6 Å². The normalized spacial score (nSPS) is 22.2. The molecular weight excluding hydrogens is 220 g/mol. The van der Waals surface area contributed by atoms with E-state index in [-0.39, 0.29) is 12.0 Å². The summed E-state index contributed by atoms with van der Waals surface area (Å²) in [4.78, 5) is 11.5. The molecule has 1 saturated heterocycles. The minimum Gasteiger partial charge on any atom is -0.444 e. The van der Waals surface area contributed by atoms with Crippen molar-refractivity contribution in [1.29, 1.82) is 0 Å². The second-order valence-electron chi connectivity index (χ2n) is 5.50. The summed E-state index contributed by atoms with van der Waals surface area (Å²) in [7, 11) is 0. The van der Waals surface area contributed by atoms with Crippen LogP contribution in [0.15, 0.2) is 0 Å². The van der Waals surface area contributed by atoms with Crippen molar-refractivity contribution in [2.75, 3.05) is 26.3 Å². The zero-order valence-corrected chi connectivity index (χ0v) is 11.0. The van der Waals surface area contributed by atoms with Crippen molar-refractivity contribution in [3.63, 3.8) is 0 Å². The molecule has 0 aromatic heterocycles. The lowest BCUT2D eigenvalue weighted by Gasteiger charge is -2.23. The number of hydrogen-bond donors (Lipinski definition) is 2. The summed E-state index contributed by atoms with van der Waals surface area (Å²) in [5, 5.41) is 2.77. The van der Waals surface area contributed by atoms with E-state index in [2.05, 4.69) is 5.32 Å². The van der Waals surface area contributed by atoms with Gasteiger partial charge in [-0.15, -0.1) is 0 Å². The van der Waals surface area contributed by atoms with E-state index in [1.807, 2.05) is 20.8 Å². The molecule has 1 fully saturated rings. The van der Waals surface area contributed by atoms with Crippen LogP contribution in [0.25, 0.3) is 0 Å². The standard InChI is InChI=1S/C12H24N2O3/c1-12(2,3)17-11(15)14-7-10(6-13)9-4-5-16-8-9/h9-10H,4-8,13H2,1-3H3,(H,14,15). The number of carbonyl (C=O) groups excluding carboxylic acids is 1. The molecule has 3 N–H and O–H groups in total. The van der Waals surface area contributed by atoms with Gasteiger partial charge >= 0.3 is 6.09 Å². The molecule has 5 nitrogen and oxygen atoms in total. The van der Waals surface area contributed by atoms with Crippen LogP contribution in [-0.2, 0) is 9.47 Å². The first-order valence-electron chi connectivity index (χ1n) is 6.17. The molecule has 0 spiro atoms. The first-order valence-corrected chi connectivity index (χ1v) is 6.17. The quantitative estimate of drug-likeness (QED) is 0.777. The lowest BCUT2D eigenvalue weighted by molar-refractivity contribution is 0.0512. The number of alkyl carbamates (subject to hydrolysis) is 1. The van der Waals surface area contributed by atoms with Crippen LogP contribution in [0.4, 0.5) is 4.79 Å². The van der Waals surface area contributed by atoms with Crippen molar-refractivity contribution in [3.8, 4) is 0 Å². The SMILES string of the molecule is CC(C)(C)OC(=O)NCC(CN)C1CCOC1. The molecule has 0 aromatic rings. The van der Waals surface area contributed by atoms with Crippen molar-refractivity contribution in [2.45, 2.75) is 32.8 Å². The van der Waals surface area contributed by atoms with Gasteiger partial charge in [0.15, 0.2) is 0 Å². The Labute approximate surface area is 103 Å². The lowest BCUT2D eigenvalue weighted by Crippen LogP contribution is -2.39. The third kappa shape index (κ3) is 5.37. The Morgan fingerprint density at radius 1 is 1.59 bits per heavy atom. The number of hydrogen-bond acceptors (Lipinski definition) is 4. The molecule has 100 valence electrons. The Balaban J connectivity index is 2.29. The van der Waals surface area contributed by atoms with Crippen LogP contribution in [0.5, 0.6) is 0 Å². The maximum atomic E-state index is 11.5. The predicted molar refractivity (Wildman–Crippen MR) is 65.7 cm³/mol. The lowest BCUT2D eigenvalue weighted by atomic mass is 9.92. The van der Waals surface area contributed by atoms with Crippen molar-refractivity contribution in [1.82, 2.24) is 5.32 Å². The first-order chi connectivity index (χ1) is 7.92. The Morgan fingerprint density at radius 3 is 2.76 bits per heavy atom. The summed E-state index contributed by atoms with van der Waals surface area (Å²) in [5.74, 6) is 0.722. The molecule has 1 aliphatic heterocycles. The molecule has 0 aliphatic carbocycles. The van der Waals surface area contributed by atoms with Crippen molar-refractivity contribution in [2.24, 2.45) is 17.6 Å². The molecule has 1 heterocycles. The van der Waals surface area contributed by atoms with Crippen LogP contribution in [0.1, 0.15) is 27.2 Å². The average molecular weight is 244 g/mol. The van der Waals surface area contributed by atoms with Gasteiger partial charge in [0, 0.05) is 19.8 Å². The van der Waals surface area contributed by atoms with E-state index in [1.54, 1.807) is 0 Å². The number of nitrogens with two attached hydrogens (primary N) is 1. The minimum absolute atomic E-state index is 0.269. The molecule has 0 bridgehead atoms. The van der Waals surface area contributed by atoms with E-state index in [0.29, 0.717) is 19.0 Å². The summed E-state index contributed by atoms with van der Waals surface area (Å²) in [5.41, 5.74) is 5.26. The monoisotopic (exact) mass is 244 g/mol. The van der Waals surface area contributed by atoms with Crippen LogP contribution < -0.4 is 11.1 Å². The Bertz CT molecular complexity index is 245. The highest BCUT2D eigenvalue weighted by Crippen LogP contribution is 2.20. The highest BCUT2D eigenvalue weighted by Gasteiger charge is 2.25.